The Morgan fingerprint density at radius 2 is 0.877 bits per heavy atom. The van der Waals surface area contributed by atoms with Crippen LogP contribution in [0.4, 0.5) is 0 Å². The molecule has 0 heterocycles. The first-order chi connectivity index (χ1) is 26.3. The van der Waals surface area contributed by atoms with Crippen molar-refractivity contribution in [3.05, 3.63) is 10.4 Å². The van der Waals surface area contributed by atoms with Gasteiger partial charge in [-0.25, -0.2) is 9.59 Å². The molecule has 0 atom stereocenters. The van der Waals surface area contributed by atoms with Crippen molar-refractivity contribution in [2.24, 2.45) is 5.11 Å². The second-order valence-corrected chi connectivity index (χ2v) is 12.0. The van der Waals surface area contributed by atoms with Crippen molar-refractivity contribution in [2.75, 3.05) is 124 Å². The quantitative estimate of drug-likeness (QED) is 0.0242. The summed E-state index contributed by atoms with van der Waals surface area (Å²) in [7, 11) is 0. The molecule has 0 rings (SSSR count). The summed E-state index contributed by atoms with van der Waals surface area (Å²) in [5, 5.41) is 36.0. The molecule has 21 nitrogen and oxygen atoms in total. The summed E-state index contributed by atoms with van der Waals surface area (Å²) in [6.45, 7) is 8.29. The molecule has 0 saturated carbocycles. The van der Waals surface area contributed by atoms with Gasteiger partial charge >= 0.3 is 23.9 Å². The van der Waals surface area contributed by atoms with E-state index in [0.29, 0.717) is 104 Å². The minimum atomic E-state index is -0.996. The van der Waals surface area contributed by atoms with Crippen LogP contribution in [0.25, 0.3) is 10.4 Å². The van der Waals surface area contributed by atoms with Crippen molar-refractivity contribution in [1.82, 2.24) is 0 Å². The predicted molar refractivity (Wildman–Crippen MR) is 214 cm³/mol. The zero-order chi connectivity index (χ0) is 42.2. The summed E-state index contributed by atoms with van der Waals surface area (Å²) in [4.78, 5) is 63.1. The van der Waals surface area contributed by atoms with Gasteiger partial charge in [0.05, 0.1) is 105 Å². The van der Waals surface area contributed by atoms with Crippen molar-refractivity contribution >= 4 is 57.6 Å². The largest absolute Gasteiger partial charge is 0.481 e. The Bertz CT molecular complexity index is 1020. The molecule has 0 aliphatic rings. The Balaban J connectivity index is -0.000000162. The molecule has 0 aromatic rings. The predicted octanol–water partition coefficient (Wildman–Crippen LogP) is 3.36. The van der Waals surface area contributed by atoms with Crippen LogP contribution in [0.15, 0.2) is 5.11 Å². The van der Waals surface area contributed by atoms with Crippen LogP contribution in [0.3, 0.4) is 0 Å². The summed E-state index contributed by atoms with van der Waals surface area (Å²) in [6, 6.07) is 0. The molecule has 0 aliphatic heterocycles. The van der Waals surface area contributed by atoms with Crippen molar-refractivity contribution in [3.63, 3.8) is 0 Å². The minimum Gasteiger partial charge on any atom is -0.481 e. The van der Waals surface area contributed by atoms with Crippen LogP contribution in [0, 0.1) is 12.3 Å². The zero-order valence-corrected chi connectivity index (χ0v) is 32.9. The van der Waals surface area contributed by atoms with Crippen LogP contribution in [-0.2, 0) is 66.7 Å². The molecule has 23 heteroatoms. The maximum atomic E-state index is 10.6. The van der Waals surface area contributed by atoms with Gasteiger partial charge in [0.1, 0.15) is 13.2 Å². The first-order valence-electron chi connectivity index (χ1n) is 16.5. The van der Waals surface area contributed by atoms with Crippen molar-refractivity contribution in [3.8, 4) is 12.3 Å². The Morgan fingerprint density at radius 1 is 0.544 bits per heavy atom. The lowest BCUT2D eigenvalue weighted by molar-refractivity contribution is -0.143. The molecular weight excluding hydrogens is 803 g/mol. The average Bonchev–Trinajstić information content (AvgIpc) is 3.11. The van der Waals surface area contributed by atoms with Gasteiger partial charge < -0.3 is 58.3 Å². The number of terminal acetylenes is 1. The van der Waals surface area contributed by atoms with Crippen LogP contribution in [0.2, 0.25) is 0 Å². The van der Waals surface area contributed by atoms with Crippen LogP contribution in [0.1, 0.15) is 48.0 Å². The lowest BCUT2D eigenvalue weighted by atomic mass is 10.3. The van der Waals surface area contributed by atoms with Crippen molar-refractivity contribution < 1.29 is 87.1 Å². The number of carbonyl (C=O) groups is 6. The summed E-state index contributed by atoms with van der Waals surface area (Å²) in [6.07, 6.45) is 5.23. The topological polar surface area (TPSA) is 306 Å². The fourth-order valence-corrected chi connectivity index (χ4v) is 3.55. The summed E-state index contributed by atoms with van der Waals surface area (Å²) >= 11 is 2.28. The second kappa shape index (κ2) is 56.8. The number of nitrogens with zero attached hydrogens (tertiary/aromatic N) is 3. The first-order valence-corrected chi connectivity index (χ1v) is 18.5. The van der Waals surface area contributed by atoms with E-state index >= 15 is 0 Å². The van der Waals surface area contributed by atoms with Gasteiger partial charge in [-0.05, 0) is 5.53 Å². The standard InChI is InChI=1S/C12H22O7S.C10H19N3O6.C5H8O3S.C5H6O2.2CH4/c1-11(13)20-9-8-18-5-4-16-2-3-17-6-7-19-10-12(14)15;11-13-12-1-2-16-3-4-17-5-6-18-7-8-19-9-10(14)15;1-4(6)9-3-2-5(7)8;1-2-3-4-5(6)7;;/h2-10H2,1H3,(H,14,15);1-9H2,(H,14,15);2-3H2,1H3,(H,7,8);1H,3-4H2,(H,6,7);2*1H4. The van der Waals surface area contributed by atoms with E-state index in [0.717, 1.165) is 11.8 Å². The number of ether oxygens (including phenoxy) is 8. The maximum Gasteiger partial charge on any atom is 0.329 e. The molecular formula is C34H63N3O18S2. The van der Waals surface area contributed by atoms with Gasteiger partial charge in [0.25, 0.3) is 0 Å². The highest BCUT2D eigenvalue weighted by atomic mass is 32.2. The van der Waals surface area contributed by atoms with Crippen LogP contribution in [-0.4, -0.2) is 178 Å². The fraction of sp³-hybridized carbons (Fsp3) is 0.765. The third-order valence-corrected chi connectivity index (χ3v) is 6.31. The highest BCUT2D eigenvalue weighted by Gasteiger charge is 1.99. The molecule has 0 fully saturated rings. The number of rotatable bonds is 33. The third-order valence-electron chi connectivity index (χ3n) is 4.72. The molecule has 0 amide bonds. The summed E-state index contributed by atoms with van der Waals surface area (Å²) < 4.78 is 40.7. The molecule has 0 aliphatic carbocycles. The van der Waals surface area contributed by atoms with Crippen molar-refractivity contribution in [2.45, 2.75) is 48.0 Å². The van der Waals surface area contributed by atoms with E-state index in [1.54, 1.807) is 0 Å². The van der Waals surface area contributed by atoms with Crippen LogP contribution >= 0.6 is 23.5 Å². The lowest BCUT2D eigenvalue weighted by Crippen LogP contribution is -2.14. The average molecular weight is 866 g/mol. The normalized spacial score (nSPS) is 9.42. The number of azide groups is 1. The maximum absolute atomic E-state index is 10.6. The highest BCUT2D eigenvalue weighted by Crippen LogP contribution is 2.02. The molecule has 4 N–H and O–H groups in total. The summed E-state index contributed by atoms with van der Waals surface area (Å²) in [5.41, 5.74) is 8.00. The molecule has 0 spiro atoms. The van der Waals surface area contributed by atoms with E-state index in [1.165, 1.54) is 25.6 Å². The molecule has 0 radical (unpaired) electrons. The number of hydrogen-bond acceptors (Lipinski definition) is 17. The second-order valence-electron chi connectivity index (χ2n) is 9.44. The van der Waals surface area contributed by atoms with Crippen molar-refractivity contribution in [1.29, 1.82) is 0 Å². The van der Waals surface area contributed by atoms with Gasteiger partial charge in [-0.15, -0.1) is 12.3 Å². The fourth-order valence-electron chi connectivity index (χ4n) is 2.49. The Kier molecular flexibility index (Phi) is 65.1. The van der Waals surface area contributed by atoms with Gasteiger partial charge in [0.15, 0.2) is 10.2 Å². The molecule has 0 aromatic carbocycles. The molecule has 0 bridgehead atoms. The Labute approximate surface area is 343 Å². The van der Waals surface area contributed by atoms with E-state index in [-0.39, 0.29) is 64.4 Å². The van der Waals surface area contributed by atoms with E-state index < -0.39 is 23.9 Å². The van der Waals surface area contributed by atoms with Gasteiger partial charge in [-0.2, -0.15) is 0 Å². The Morgan fingerprint density at radius 3 is 1.18 bits per heavy atom. The first kappa shape index (κ1) is 65.3. The molecule has 57 heavy (non-hydrogen) atoms. The number of hydrogen-bond donors (Lipinski definition) is 4. The van der Waals surface area contributed by atoms with Crippen LogP contribution in [0.5, 0.6) is 0 Å². The number of aliphatic carboxylic acids is 4. The van der Waals surface area contributed by atoms with E-state index in [2.05, 4.69) is 15.9 Å². The molecule has 0 saturated heterocycles. The third kappa shape index (κ3) is 85.8. The van der Waals surface area contributed by atoms with Gasteiger partial charge in [-0.3, -0.25) is 19.2 Å². The van der Waals surface area contributed by atoms with E-state index in [1.807, 2.05) is 0 Å². The van der Waals surface area contributed by atoms with Crippen LogP contribution < -0.4 is 0 Å². The zero-order valence-electron chi connectivity index (χ0n) is 31.3. The van der Waals surface area contributed by atoms with Gasteiger partial charge in [0, 0.05) is 43.2 Å². The number of thioether (sulfide) groups is 2. The number of carbonyl (C=O) groups excluding carboxylic acids is 2. The summed E-state index contributed by atoms with van der Waals surface area (Å²) in [5.74, 6) is -0.421. The number of carboxylic acids is 4. The van der Waals surface area contributed by atoms with E-state index in [9.17, 15) is 28.8 Å². The van der Waals surface area contributed by atoms with Gasteiger partial charge in [0.2, 0.25) is 0 Å². The molecule has 0 unspecified atom stereocenters. The SMILES string of the molecule is C.C.C#CCCC(=O)O.CC(=O)SCCC(=O)O.CC(=O)SCCOCCOCCOCCOCC(=O)O.[N-]=[N+]=NCCOCCOCCOCCOCC(=O)O. The monoisotopic (exact) mass is 865 g/mol. The Hall–Kier alpha value is -3.53. The van der Waals surface area contributed by atoms with E-state index in [4.69, 9.17) is 70.3 Å². The minimum absolute atomic E-state index is 0. The smallest absolute Gasteiger partial charge is 0.329 e. The molecule has 0 aromatic heterocycles. The highest BCUT2D eigenvalue weighted by molar-refractivity contribution is 8.13. The van der Waals surface area contributed by atoms with Gasteiger partial charge in [-0.1, -0.05) is 43.5 Å². The molecule has 334 valence electrons. The number of carboxylic acid groups (broad SMARTS) is 4. The lowest BCUT2D eigenvalue weighted by Gasteiger charge is -2.06.